The smallest absolute Gasteiger partial charge is 0.266 e. The van der Waals surface area contributed by atoms with E-state index in [0.717, 1.165) is 40.2 Å². The van der Waals surface area contributed by atoms with Crippen molar-refractivity contribution in [2.24, 2.45) is 0 Å². The summed E-state index contributed by atoms with van der Waals surface area (Å²) in [6.45, 7) is 5.67. The monoisotopic (exact) mass is 493 g/mol. The van der Waals surface area contributed by atoms with Crippen molar-refractivity contribution in [1.29, 1.82) is 0 Å². The molecule has 4 rings (SSSR count). The maximum atomic E-state index is 13.0. The Morgan fingerprint density at radius 1 is 1.15 bits per heavy atom. The molecule has 0 aliphatic carbocycles. The molecule has 1 aliphatic heterocycles. The van der Waals surface area contributed by atoms with E-state index in [1.54, 1.807) is 12.0 Å². The Kier molecular flexibility index (Phi) is 7.82. The van der Waals surface area contributed by atoms with Gasteiger partial charge >= 0.3 is 0 Å². The van der Waals surface area contributed by atoms with Gasteiger partial charge in [-0.1, -0.05) is 49.1 Å². The van der Waals surface area contributed by atoms with Crippen LogP contribution in [0.2, 0.25) is 0 Å². The van der Waals surface area contributed by atoms with Crippen LogP contribution in [-0.4, -0.2) is 51.8 Å². The van der Waals surface area contributed by atoms with Crippen LogP contribution in [0.4, 0.5) is 0 Å². The summed E-state index contributed by atoms with van der Waals surface area (Å²) < 4.78 is 13.3. The molecule has 1 aliphatic rings. The predicted octanol–water partition coefficient (Wildman–Crippen LogP) is 5.48. The van der Waals surface area contributed by atoms with Gasteiger partial charge in [-0.3, -0.25) is 9.69 Å². The molecule has 0 atom stereocenters. The molecule has 2 aromatic carbocycles. The SMILES string of the molecule is CCCOc1ccc(-c2nn(-c3ccccc3)cc2/C=C2/SC(=S)N(CCOC)C2=O)cc1C. The number of benzene rings is 2. The van der Waals surface area contributed by atoms with E-state index in [-0.39, 0.29) is 5.91 Å². The molecule has 3 aromatic rings. The van der Waals surface area contributed by atoms with Crippen LogP contribution in [0.1, 0.15) is 24.5 Å². The maximum absolute atomic E-state index is 13.0. The first-order chi connectivity index (χ1) is 16.5. The molecule has 176 valence electrons. The third-order valence-electron chi connectivity index (χ3n) is 5.35. The number of hydrogen-bond donors (Lipinski definition) is 0. The molecule has 0 spiro atoms. The highest BCUT2D eigenvalue weighted by atomic mass is 32.2. The highest BCUT2D eigenvalue weighted by Crippen LogP contribution is 2.35. The molecule has 2 heterocycles. The van der Waals surface area contributed by atoms with Crippen molar-refractivity contribution in [2.75, 3.05) is 26.9 Å². The first-order valence-corrected chi connectivity index (χ1v) is 12.4. The zero-order chi connectivity index (χ0) is 24.1. The summed E-state index contributed by atoms with van der Waals surface area (Å²) in [5.41, 5.74) is 4.57. The van der Waals surface area contributed by atoms with E-state index in [9.17, 15) is 4.79 Å². The molecule has 0 unspecified atom stereocenters. The third kappa shape index (κ3) is 5.24. The fourth-order valence-corrected chi connectivity index (χ4v) is 4.92. The Morgan fingerprint density at radius 2 is 1.94 bits per heavy atom. The van der Waals surface area contributed by atoms with Gasteiger partial charge in [0.2, 0.25) is 0 Å². The Morgan fingerprint density at radius 3 is 2.65 bits per heavy atom. The van der Waals surface area contributed by atoms with Gasteiger partial charge in [0, 0.05) is 24.4 Å². The van der Waals surface area contributed by atoms with Crippen molar-refractivity contribution >= 4 is 40.3 Å². The number of methoxy groups -OCH3 is 1. The largest absolute Gasteiger partial charge is 0.493 e. The lowest BCUT2D eigenvalue weighted by molar-refractivity contribution is -0.122. The number of carbonyl (C=O) groups excluding carboxylic acids is 1. The van der Waals surface area contributed by atoms with Crippen LogP contribution in [0.3, 0.4) is 0 Å². The molecule has 1 amide bonds. The van der Waals surface area contributed by atoms with Crippen LogP contribution >= 0.6 is 24.0 Å². The molecular formula is C26H27N3O3S2. The topological polar surface area (TPSA) is 56.6 Å². The maximum Gasteiger partial charge on any atom is 0.266 e. The zero-order valence-electron chi connectivity index (χ0n) is 19.5. The van der Waals surface area contributed by atoms with Crippen LogP contribution in [0.25, 0.3) is 23.0 Å². The Hall–Kier alpha value is -2.94. The number of rotatable bonds is 9. The summed E-state index contributed by atoms with van der Waals surface area (Å²) in [5.74, 6) is 0.763. The van der Waals surface area contributed by atoms with Crippen molar-refractivity contribution in [3.8, 4) is 22.7 Å². The van der Waals surface area contributed by atoms with E-state index in [0.29, 0.717) is 29.0 Å². The van der Waals surface area contributed by atoms with Crippen LogP contribution in [0, 0.1) is 6.92 Å². The minimum Gasteiger partial charge on any atom is -0.493 e. The van der Waals surface area contributed by atoms with Crippen LogP contribution < -0.4 is 4.74 Å². The lowest BCUT2D eigenvalue weighted by Crippen LogP contribution is -2.31. The van der Waals surface area contributed by atoms with E-state index >= 15 is 0 Å². The molecule has 1 aromatic heterocycles. The van der Waals surface area contributed by atoms with Gasteiger partial charge in [0.15, 0.2) is 0 Å². The van der Waals surface area contributed by atoms with Gasteiger partial charge in [0.1, 0.15) is 15.8 Å². The predicted molar refractivity (Wildman–Crippen MR) is 141 cm³/mol. The lowest BCUT2D eigenvalue weighted by Gasteiger charge is -2.12. The van der Waals surface area contributed by atoms with Gasteiger partial charge < -0.3 is 9.47 Å². The summed E-state index contributed by atoms with van der Waals surface area (Å²) in [4.78, 5) is 15.2. The fraction of sp³-hybridized carbons (Fsp3) is 0.269. The number of aryl methyl sites for hydroxylation is 1. The number of carbonyl (C=O) groups is 1. The van der Waals surface area contributed by atoms with Gasteiger partial charge in [0.05, 0.1) is 30.4 Å². The van der Waals surface area contributed by atoms with Gasteiger partial charge in [-0.25, -0.2) is 4.68 Å². The average molecular weight is 494 g/mol. The average Bonchev–Trinajstić information content (AvgIpc) is 3.38. The molecule has 34 heavy (non-hydrogen) atoms. The van der Waals surface area contributed by atoms with Crippen LogP contribution in [0.5, 0.6) is 5.75 Å². The minimum atomic E-state index is -0.107. The Labute approximate surface area is 209 Å². The number of aromatic nitrogens is 2. The zero-order valence-corrected chi connectivity index (χ0v) is 21.1. The van der Waals surface area contributed by atoms with Gasteiger partial charge in [-0.05, 0) is 55.3 Å². The van der Waals surface area contributed by atoms with E-state index in [1.165, 1.54) is 11.8 Å². The minimum absolute atomic E-state index is 0.107. The number of ether oxygens (including phenoxy) is 2. The molecule has 0 radical (unpaired) electrons. The molecule has 8 heteroatoms. The highest BCUT2D eigenvalue weighted by Gasteiger charge is 2.32. The number of thioether (sulfide) groups is 1. The van der Waals surface area contributed by atoms with E-state index < -0.39 is 0 Å². The quantitative estimate of drug-likeness (QED) is 0.290. The van der Waals surface area contributed by atoms with Crippen molar-refractivity contribution < 1.29 is 14.3 Å². The number of nitrogens with zero attached hydrogens (tertiary/aromatic N) is 3. The van der Waals surface area contributed by atoms with Crippen molar-refractivity contribution in [2.45, 2.75) is 20.3 Å². The second-order valence-electron chi connectivity index (χ2n) is 7.87. The lowest BCUT2D eigenvalue weighted by atomic mass is 10.0. The molecule has 1 saturated heterocycles. The highest BCUT2D eigenvalue weighted by molar-refractivity contribution is 8.26. The van der Waals surface area contributed by atoms with Gasteiger partial charge in [-0.15, -0.1) is 0 Å². The van der Waals surface area contributed by atoms with Gasteiger partial charge in [-0.2, -0.15) is 5.10 Å². The molecule has 0 saturated carbocycles. The van der Waals surface area contributed by atoms with Crippen LogP contribution in [-0.2, 0) is 9.53 Å². The standard InChI is InChI=1S/C26H27N3O3S2/c1-4-13-32-22-11-10-19(15-18(22)2)24-20(17-29(27-24)21-8-6-5-7-9-21)16-23-25(30)28(12-14-31-3)26(33)34-23/h5-11,15-17H,4,12-14H2,1-3H3/b23-16+. The summed E-state index contributed by atoms with van der Waals surface area (Å²) in [7, 11) is 1.61. The molecule has 1 fully saturated rings. The summed E-state index contributed by atoms with van der Waals surface area (Å²) in [6, 6.07) is 16.0. The normalized spacial score (nSPS) is 14.9. The van der Waals surface area contributed by atoms with E-state index in [2.05, 4.69) is 13.0 Å². The fourth-order valence-electron chi connectivity index (χ4n) is 3.62. The number of hydrogen-bond acceptors (Lipinski definition) is 6. The number of thiocarbonyl (C=S) groups is 1. The van der Waals surface area contributed by atoms with Crippen molar-refractivity contribution in [1.82, 2.24) is 14.7 Å². The molecule has 0 N–H and O–H groups in total. The molecular weight excluding hydrogens is 466 g/mol. The Balaban J connectivity index is 1.74. The van der Waals surface area contributed by atoms with Gasteiger partial charge in [0.25, 0.3) is 5.91 Å². The summed E-state index contributed by atoms with van der Waals surface area (Å²) >= 11 is 6.74. The summed E-state index contributed by atoms with van der Waals surface area (Å²) in [5, 5.41) is 4.88. The first-order valence-electron chi connectivity index (χ1n) is 11.1. The second-order valence-corrected chi connectivity index (χ2v) is 9.54. The first kappa shape index (κ1) is 24.2. The van der Waals surface area contributed by atoms with Crippen molar-refractivity contribution in [3.63, 3.8) is 0 Å². The second kappa shape index (κ2) is 11.0. The third-order valence-corrected chi connectivity index (χ3v) is 6.73. The summed E-state index contributed by atoms with van der Waals surface area (Å²) in [6.07, 6.45) is 4.78. The van der Waals surface area contributed by atoms with E-state index in [1.807, 2.05) is 66.3 Å². The van der Waals surface area contributed by atoms with Crippen molar-refractivity contribution in [3.05, 3.63) is 70.8 Å². The molecule has 6 nitrogen and oxygen atoms in total. The van der Waals surface area contributed by atoms with Crippen LogP contribution in [0.15, 0.2) is 59.6 Å². The molecule has 0 bridgehead atoms. The Bertz CT molecular complexity index is 1220. The number of amides is 1. The van der Waals surface area contributed by atoms with E-state index in [4.69, 9.17) is 26.8 Å². The number of para-hydroxylation sites is 1.